The number of aromatic nitrogens is 1. The number of nitrogens with zero attached hydrogens (tertiary/aromatic N) is 1. The van der Waals surface area contributed by atoms with E-state index in [0.29, 0.717) is 13.0 Å². The lowest BCUT2D eigenvalue weighted by molar-refractivity contribution is -0.120. The van der Waals surface area contributed by atoms with E-state index in [9.17, 15) is 9.90 Å². The van der Waals surface area contributed by atoms with Crippen LogP contribution in [0.4, 0.5) is 0 Å². The maximum absolute atomic E-state index is 11.6. The summed E-state index contributed by atoms with van der Waals surface area (Å²) in [4.78, 5) is 15.8. The van der Waals surface area contributed by atoms with Crippen LogP contribution in [0.25, 0.3) is 0 Å². The molecular weight excluding hydrogens is 248 g/mol. The molecule has 1 aromatic heterocycles. The van der Waals surface area contributed by atoms with Crippen molar-refractivity contribution < 1.29 is 9.90 Å². The number of carbonyl (C=O) groups excluding carboxylic acids is 1. The van der Waals surface area contributed by atoms with Gasteiger partial charge >= 0.3 is 0 Å². The molecular formula is C13H20N2O2S. The summed E-state index contributed by atoms with van der Waals surface area (Å²) in [5, 5.41) is 12.1. The predicted octanol–water partition coefficient (Wildman–Crippen LogP) is 1.10. The van der Waals surface area contributed by atoms with Crippen molar-refractivity contribution >= 4 is 17.7 Å². The summed E-state index contributed by atoms with van der Waals surface area (Å²) < 4.78 is 0. The second kappa shape index (κ2) is 8.11. The standard InChI is InChI=1S/C13H20N2O2S/c1-10(18-2)13(17)15-8-11(9-16)7-12-5-3-4-6-14-12/h3-6,10-11,16H,7-9H2,1-2H3,(H,15,17). The highest BCUT2D eigenvalue weighted by atomic mass is 32.2. The molecule has 1 rings (SSSR count). The molecule has 100 valence electrons. The lowest BCUT2D eigenvalue weighted by Crippen LogP contribution is -2.36. The van der Waals surface area contributed by atoms with Crippen LogP contribution >= 0.6 is 11.8 Å². The molecule has 0 bridgehead atoms. The van der Waals surface area contributed by atoms with Crippen molar-refractivity contribution in [3.8, 4) is 0 Å². The monoisotopic (exact) mass is 268 g/mol. The smallest absolute Gasteiger partial charge is 0.232 e. The Morgan fingerprint density at radius 3 is 2.89 bits per heavy atom. The maximum Gasteiger partial charge on any atom is 0.232 e. The molecule has 0 aromatic carbocycles. The van der Waals surface area contributed by atoms with Gasteiger partial charge in [0.1, 0.15) is 0 Å². The second-order valence-electron chi connectivity index (χ2n) is 4.20. The van der Waals surface area contributed by atoms with Crippen LogP contribution in [0.5, 0.6) is 0 Å². The zero-order valence-corrected chi connectivity index (χ0v) is 11.6. The normalized spacial score (nSPS) is 13.9. The van der Waals surface area contributed by atoms with Crippen LogP contribution < -0.4 is 5.32 Å². The Morgan fingerprint density at radius 1 is 1.56 bits per heavy atom. The predicted molar refractivity (Wildman–Crippen MR) is 74.5 cm³/mol. The van der Waals surface area contributed by atoms with Crippen LogP contribution in [-0.2, 0) is 11.2 Å². The summed E-state index contributed by atoms with van der Waals surface area (Å²) in [6.45, 7) is 2.40. The van der Waals surface area contributed by atoms with E-state index in [4.69, 9.17) is 0 Å². The van der Waals surface area contributed by atoms with Gasteiger partial charge in [-0.05, 0) is 31.7 Å². The number of aliphatic hydroxyl groups excluding tert-OH is 1. The SMILES string of the molecule is CSC(C)C(=O)NCC(CO)Cc1ccccn1. The number of nitrogens with one attached hydrogen (secondary N) is 1. The number of amides is 1. The van der Waals surface area contributed by atoms with Crippen molar-refractivity contribution in [3.05, 3.63) is 30.1 Å². The number of hydrogen-bond acceptors (Lipinski definition) is 4. The first kappa shape index (κ1) is 15.0. The van der Waals surface area contributed by atoms with E-state index in [2.05, 4.69) is 10.3 Å². The fourth-order valence-corrected chi connectivity index (χ4v) is 1.81. The van der Waals surface area contributed by atoms with Crippen molar-refractivity contribution in [1.29, 1.82) is 0 Å². The van der Waals surface area contributed by atoms with Crippen molar-refractivity contribution in [2.75, 3.05) is 19.4 Å². The molecule has 4 nitrogen and oxygen atoms in total. The summed E-state index contributed by atoms with van der Waals surface area (Å²) in [6.07, 6.45) is 4.31. The first-order valence-corrected chi connectivity index (χ1v) is 7.27. The summed E-state index contributed by atoms with van der Waals surface area (Å²) >= 11 is 1.51. The first-order chi connectivity index (χ1) is 8.67. The molecule has 0 aliphatic rings. The number of carbonyl (C=O) groups is 1. The van der Waals surface area contributed by atoms with Crippen molar-refractivity contribution in [2.45, 2.75) is 18.6 Å². The minimum Gasteiger partial charge on any atom is -0.396 e. The minimum atomic E-state index is -0.0563. The molecule has 1 aromatic rings. The molecule has 0 aliphatic carbocycles. The molecule has 1 amide bonds. The van der Waals surface area contributed by atoms with Crippen molar-refractivity contribution in [3.63, 3.8) is 0 Å². The number of rotatable bonds is 7. The Balaban J connectivity index is 2.41. The van der Waals surface area contributed by atoms with Crippen LogP contribution in [0.15, 0.2) is 24.4 Å². The molecule has 1 heterocycles. The van der Waals surface area contributed by atoms with E-state index in [-0.39, 0.29) is 23.7 Å². The molecule has 0 saturated carbocycles. The van der Waals surface area contributed by atoms with Gasteiger partial charge in [-0.15, -0.1) is 0 Å². The van der Waals surface area contributed by atoms with Gasteiger partial charge in [-0.25, -0.2) is 0 Å². The highest BCUT2D eigenvalue weighted by molar-refractivity contribution is 7.99. The quantitative estimate of drug-likeness (QED) is 0.777. The second-order valence-corrected chi connectivity index (χ2v) is 5.38. The molecule has 2 N–H and O–H groups in total. The van der Waals surface area contributed by atoms with Gasteiger partial charge in [0.2, 0.25) is 5.91 Å². The van der Waals surface area contributed by atoms with Crippen molar-refractivity contribution in [2.24, 2.45) is 5.92 Å². The van der Waals surface area contributed by atoms with Gasteiger partial charge in [0, 0.05) is 31.0 Å². The molecule has 18 heavy (non-hydrogen) atoms. The third-order valence-corrected chi connectivity index (χ3v) is 3.69. The van der Waals surface area contributed by atoms with Crippen LogP contribution in [0.3, 0.4) is 0 Å². The third kappa shape index (κ3) is 5.06. The van der Waals surface area contributed by atoms with Gasteiger partial charge in [-0.3, -0.25) is 9.78 Å². The van der Waals surface area contributed by atoms with Gasteiger partial charge in [0.15, 0.2) is 0 Å². The Bertz CT molecular complexity index is 359. The molecule has 0 fully saturated rings. The van der Waals surface area contributed by atoms with E-state index in [1.807, 2.05) is 31.4 Å². The summed E-state index contributed by atoms with van der Waals surface area (Å²) in [5.74, 6) is 0.0277. The highest BCUT2D eigenvalue weighted by Crippen LogP contribution is 2.07. The summed E-state index contributed by atoms with van der Waals surface area (Å²) in [6, 6.07) is 5.71. The van der Waals surface area contributed by atoms with Crippen LogP contribution in [-0.4, -0.2) is 40.7 Å². The average Bonchev–Trinajstić information content (AvgIpc) is 2.43. The summed E-state index contributed by atoms with van der Waals surface area (Å²) in [5.41, 5.74) is 0.934. The van der Waals surface area contributed by atoms with Gasteiger partial charge in [0.05, 0.1) is 5.25 Å². The van der Waals surface area contributed by atoms with E-state index in [1.54, 1.807) is 6.20 Å². The van der Waals surface area contributed by atoms with Gasteiger partial charge in [-0.1, -0.05) is 6.07 Å². The van der Waals surface area contributed by atoms with E-state index >= 15 is 0 Å². The topological polar surface area (TPSA) is 62.2 Å². The molecule has 0 aliphatic heterocycles. The van der Waals surface area contributed by atoms with Gasteiger partial charge in [-0.2, -0.15) is 11.8 Å². The lowest BCUT2D eigenvalue weighted by Gasteiger charge is -2.16. The lowest BCUT2D eigenvalue weighted by atomic mass is 10.0. The molecule has 0 saturated heterocycles. The Morgan fingerprint density at radius 2 is 2.33 bits per heavy atom. The highest BCUT2D eigenvalue weighted by Gasteiger charge is 2.14. The van der Waals surface area contributed by atoms with Gasteiger partial charge in [0.25, 0.3) is 0 Å². The average molecular weight is 268 g/mol. The van der Waals surface area contributed by atoms with E-state index < -0.39 is 0 Å². The Hall–Kier alpha value is -1.07. The number of hydrogen-bond donors (Lipinski definition) is 2. The molecule has 0 spiro atoms. The Kier molecular flexibility index (Phi) is 6.75. The van der Waals surface area contributed by atoms with Crippen molar-refractivity contribution in [1.82, 2.24) is 10.3 Å². The minimum absolute atomic E-state index is 0.0120. The molecule has 5 heteroatoms. The largest absolute Gasteiger partial charge is 0.396 e. The fourth-order valence-electron chi connectivity index (χ4n) is 1.51. The molecule has 0 radical (unpaired) electrons. The number of aliphatic hydroxyl groups is 1. The first-order valence-electron chi connectivity index (χ1n) is 5.98. The number of pyridine rings is 1. The zero-order chi connectivity index (χ0) is 13.4. The van der Waals surface area contributed by atoms with E-state index in [0.717, 1.165) is 5.69 Å². The third-order valence-electron chi connectivity index (χ3n) is 2.77. The van der Waals surface area contributed by atoms with Gasteiger partial charge < -0.3 is 10.4 Å². The van der Waals surface area contributed by atoms with E-state index in [1.165, 1.54) is 11.8 Å². The fraction of sp³-hybridized carbons (Fsp3) is 0.538. The Labute approximate surface area is 112 Å². The van der Waals surface area contributed by atoms with Crippen LogP contribution in [0.2, 0.25) is 0 Å². The maximum atomic E-state index is 11.6. The number of thioether (sulfide) groups is 1. The zero-order valence-electron chi connectivity index (χ0n) is 10.8. The molecule has 2 unspecified atom stereocenters. The molecule has 2 atom stereocenters. The van der Waals surface area contributed by atoms with Crippen LogP contribution in [0.1, 0.15) is 12.6 Å². The summed E-state index contributed by atoms with van der Waals surface area (Å²) in [7, 11) is 0. The van der Waals surface area contributed by atoms with Crippen LogP contribution in [0, 0.1) is 5.92 Å².